The third-order valence-corrected chi connectivity index (χ3v) is 4.86. The predicted molar refractivity (Wildman–Crippen MR) is 118 cm³/mol. The zero-order valence-corrected chi connectivity index (χ0v) is 17.6. The van der Waals surface area contributed by atoms with Gasteiger partial charge in [0, 0.05) is 25.0 Å². The Bertz CT molecular complexity index is 662. The van der Waals surface area contributed by atoms with Crippen LogP contribution in [0.3, 0.4) is 0 Å². The van der Waals surface area contributed by atoms with Crippen LogP contribution in [0.2, 0.25) is 0 Å². The molecule has 0 unspecified atom stereocenters. The maximum atomic E-state index is 6.05. The summed E-state index contributed by atoms with van der Waals surface area (Å²) in [4.78, 5) is 8.92. The lowest BCUT2D eigenvalue weighted by atomic mass is 9.96. The van der Waals surface area contributed by atoms with Crippen molar-refractivity contribution in [2.45, 2.75) is 64.1 Å². The molecule has 1 saturated carbocycles. The van der Waals surface area contributed by atoms with Crippen molar-refractivity contribution in [2.75, 3.05) is 0 Å². The van der Waals surface area contributed by atoms with Crippen LogP contribution in [0, 0.1) is 0 Å². The maximum absolute atomic E-state index is 6.05. The number of aliphatic imine (C=N–C) groups is 1. The van der Waals surface area contributed by atoms with Gasteiger partial charge in [-0.3, -0.25) is 0 Å². The molecule has 1 heterocycles. The number of hydrogen-bond acceptors (Lipinski definition) is 2. The van der Waals surface area contributed by atoms with Crippen molar-refractivity contribution in [2.24, 2.45) is 10.7 Å². The van der Waals surface area contributed by atoms with Gasteiger partial charge in [-0.1, -0.05) is 49.6 Å². The molecule has 0 aliphatic heterocycles. The van der Waals surface area contributed by atoms with Crippen molar-refractivity contribution in [3.63, 3.8) is 0 Å². The van der Waals surface area contributed by atoms with E-state index >= 15 is 0 Å². The number of imidazole rings is 1. The molecule has 1 fully saturated rings. The van der Waals surface area contributed by atoms with Crippen LogP contribution in [-0.2, 0) is 19.5 Å². The SMILES string of the molecule is I.NC(=NCc1nccn1CCCc1ccccc1)NC1CCCCC1. The first-order chi connectivity index (χ1) is 12.3. The minimum Gasteiger partial charge on any atom is -0.370 e. The van der Waals surface area contributed by atoms with Gasteiger partial charge in [-0.25, -0.2) is 9.98 Å². The van der Waals surface area contributed by atoms with Crippen molar-refractivity contribution < 1.29 is 0 Å². The molecule has 26 heavy (non-hydrogen) atoms. The Hall–Kier alpha value is -1.57. The summed E-state index contributed by atoms with van der Waals surface area (Å²) in [5, 5.41) is 3.36. The van der Waals surface area contributed by atoms with Crippen LogP contribution < -0.4 is 11.1 Å². The van der Waals surface area contributed by atoms with Crippen LogP contribution in [0.25, 0.3) is 0 Å². The number of nitrogens with two attached hydrogens (primary N) is 1. The summed E-state index contributed by atoms with van der Waals surface area (Å²) in [7, 11) is 0. The van der Waals surface area contributed by atoms with Crippen molar-refractivity contribution in [1.29, 1.82) is 0 Å². The number of aryl methyl sites for hydroxylation is 2. The Labute approximate surface area is 173 Å². The summed E-state index contributed by atoms with van der Waals surface area (Å²) in [6.07, 6.45) is 12.4. The van der Waals surface area contributed by atoms with E-state index in [2.05, 4.69) is 50.2 Å². The molecule has 0 atom stereocenters. The molecule has 3 rings (SSSR count). The summed E-state index contributed by atoms with van der Waals surface area (Å²) in [6.45, 7) is 1.49. The van der Waals surface area contributed by atoms with E-state index < -0.39 is 0 Å². The maximum Gasteiger partial charge on any atom is 0.189 e. The molecule has 1 aliphatic carbocycles. The fourth-order valence-corrected chi connectivity index (χ4v) is 3.45. The van der Waals surface area contributed by atoms with Crippen LogP contribution in [0.4, 0.5) is 0 Å². The first-order valence-corrected chi connectivity index (χ1v) is 9.41. The molecule has 2 aromatic rings. The fraction of sp³-hybridized carbons (Fsp3) is 0.500. The number of halogens is 1. The van der Waals surface area contributed by atoms with Crippen LogP contribution in [0.15, 0.2) is 47.7 Å². The average molecular weight is 467 g/mol. The van der Waals surface area contributed by atoms with Crippen molar-refractivity contribution >= 4 is 29.9 Å². The van der Waals surface area contributed by atoms with E-state index in [1.165, 1.54) is 37.7 Å². The highest BCUT2D eigenvalue weighted by Crippen LogP contribution is 2.17. The largest absolute Gasteiger partial charge is 0.370 e. The molecule has 3 N–H and O–H groups in total. The number of rotatable bonds is 7. The minimum atomic E-state index is 0. The van der Waals surface area contributed by atoms with Gasteiger partial charge in [-0.05, 0) is 31.2 Å². The van der Waals surface area contributed by atoms with Crippen LogP contribution in [-0.4, -0.2) is 21.6 Å². The first kappa shape index (κ1) is 20.7. The van der Waals surface area contributed by atoms with Gasteiger partial charge in [0.25, 0.3) is 0 Å². The molecule has 1 aromatic heterocycles. The van der Waals surface area contributed by atoms with E-state index in [-0.39, 0.29) is 24.0 Å². The third-order valence-electron chi connectivity index (χ3n) is 4.86. The van der Waals surface area contributed by atoms with Gasteiger partial charge >= 0.3 is 0 Å². The van der Waals surface area contributed by atoms with E-state index in [1.807, 2.05) is 12.4 Å². The smallest absolute Gasteiger partial charge is 0.189 e. The topological polar surface area (TPSA) is 68.2 Å². The number of nitrogens with one attached hydrogen (secondary N) is 1. The lowest BCUT2D eigenvalue weighted by molar-refractivity contribution is 0.412. The van der Waals surface area contributed by atoms with Gasteiger partial charge in [0.05, 0.1) is 0 Å². The van der Waals surface area contributed by atoms with E-state index in [0.717, 1.165) is 25.2 Å². The first-order valence-electron chi connectivity index (χ1n) is 9.41. The predicted octanol–water partition coefficient (Wildman–Crippen LogP) is 3.87. The Morgan fingerprint density at radius 1 is 1.19 bits per heavy atom. The zero-order chi connectivity index (χ0) is 17.3. The molecule has 5 nitrogen and oxygen atoms in total. The zero-order valence-electron chi connectivity index (χ0n) is 15.3. The van der Waals surface area contributed by atoms with Gasteiger partial charge in [0.2, 0.25) is 0 Å². The van der Waals surface area contributed by atoms with Gasteiger partial charge in [0.15, 0.2) is 5.96 Å². The molecule has 6 heteroatoms. The molecule has 0 saturated heterocycles. The third kappa shape index (κ3) is 6.63. The van der Waals surface area contributed by atoms with E-state index in [4.69, 9.17) is 5.73 Å². The van der Waals surface area contributed by atoms with E-state index in [1.54, 1.807) is 0 Å². The summed E-state index contributed by atoms with van der Waals surface area (Å²) < 4.78 is 2.18. The van der Waals surface area contributed by atoms with Crippen molar-refractivity contribution in [1.82, 2.24) is 14.9 Å². The molecule has 0 spiro atoms. The van der Waals surface area contributed by atoms with Gasteiger partial charge in [-0.2, -0.15) is 0 Å². The fourth-order valence-electron chi connectivity index (χ4n) is 3.45. The molecule has 1 aromatic carbocycles. The Kier molecular flexibility index (Phi) is 8.94. The van der Waals surface area contributed by atoms with Gasteiger partial charge in [0.1, 0.15) is 12.4 Å². The number of nitrogens with zero attached hydrogens (tertiary/aromatic N) is 3. The average Bonchev–Trinajstić information content (AvgIpc) is 3.09. The molecule has 1 aliphatic rings. The second-order valence-electron chi connectivity index (χ2n) is 6.81. The minimum absolute atomic E-state index is 0. The van der Waals surface area contributed by atoms with Crippen molar-refractivity contribution in [3.8, 4) is 0 Å². The number of aromatic nitrogens is 2. The van der Waals surface area contributed by atoms with E-state index in [0.29, 0.717) is 18.5 Å². The molecule has 0 radical (unpaired) electrons. The van der Waals surface area contributed by atoms with Crippen molar-refractivity contribution in [3.05, 3.63) is 54.1 Å². The van der Waals surface area contributed by atoms with Crippen LogP contribution >= 0.6 is 24.0 Å². The Morgan fingerprint density at radius 3 is 2.73 bits per heavy atom. The number of benzene rings is 1. The standard InChI is InChI=1S/C20H29N5.HI/c21-20(24-18-11-5-2-6-12-18)23-16-19-22-13-15-25(19)14-7-10-17-8-3-1-4-9-17;/h1,3-4,8-9,13,15,18H,2,5-7,10-12,14,16H2,(H3,21,23,24);1H. The highest BCUT2D eigenvalue weighted by Gasteiger charge is 2.13. The van der Waals surface area contributed by atoms with Crippen LogP contribution in [0.1, 0.15) is 49.9 Å². The highest BCUT2D eigenvalue weighted by atomic mass is 127. The molecule has 0 bridgehead atoms. The highest BCUT2D eigenvalue weighted by molar-refractivity contribution is 14.0. The van der Waals surface area contributed by atoms with Gasteiger partial charge in [-0.15, -0.1) is 24.0 Å². The van der Waals surface area contributed by atoms with E-state index in [9.17, 15) is 0 Å². The molecule has 142 valence electrons. The quantitative estimate of drug-likeness (QED) is 0.369. The Morgan fingerprint density at radius 2 is 1.96 bits per heavy atom. The summed E-state index contributed by atoms with van der Waals surface area (Å²) in [5.41, 5.74) is 7.43. The number of hydrogen-bond donors (Lipinski definition) is 2. The second-order valence-corrected chi connectivity index (χ2v) is 6.81. The molecular formula is C20H30IN5. The Balaban J connectivity index is 0.00000243. The summed E-state index contributed by atoms with van der Waals surface area (Å²) >= 11 is 0. The second kappa shape index (κ2) is 11.2. The number of guanidine groups is 1. The lowest BCUT2D eigenvalue weighted by Gasteiger charge is -2.23. The summed E-state index contributed by atoms with van der Waals surface area (Å²) in [6, 6.07) is 11.1. The molecular weight excluding hydrogens is 437 g/mol. The molecule has 0 amide bonds. The summed E-state index contributed by atoms with van der Waals surface area (Å²) in [5.74, 6) is 1.52. The monoisotopic (exact) mass is 467 g/mol. The normalized spacial score (nSPS) is 15.5. The van der Waals surface area contributed by atoms with Gasteiger partial charge < -0.3 is 15.6 Å². The van der Waals surface area contributed by atoms with Crippen LogP contribution in [0.5, 0.6) is 0 Å². The lowest BCUT2D eigenvalue weighted by Crippen LogP contribution is -2.41.